The zero-order chi connectivity index (χ0) is 12.0. The Morgan fingerprint density at radius 1 is 1.44 bits per heavy atom. The highest BCUT2D eigenvalue weighted by molar-refractivity contribution is 4.92. The van der Waals surface area contributed by atoms with E-state index in [1.54, 1.807) is 6.92 Å². The van der Waals surface area contributed by atoms with Gasteiger partial charge in [0.2, 0.25) is 5.89 Å². The van der Waals surface area contributed by atoms with Crippen LogP contribution in [0.25, 0.3) is 0 Å². The Morgan fingerprint density at radius 3 is 2.75 bits per heavy atom. The third kappa shape index (κ3) is 4.41. The lowest BCUT2D eigenvalue weighted by atomic mass is 9.91. The molecular formula is C11H18N4O. The number of hydrogen-bond donors (Lipinski definition) is 1. The molecule has 88 valence electrons. The van der Waals surface area contributed by atoms with E-state index in [-0.39, 0.29) is 5.41 Å². The molecule has 0 aromatic carbocycles. The summed E-state index contributed by atoms with van der Waals surface area (Å²) in [5.74, 6) is 1.32. The van der Waals surface area contributed by atoms with Crippen LogP contribution in [0, 0.1) is 23.7 Å². The lowest BCUT2D eigenvalue weighted by molar-refractivity contribution is 0.369. The topological polar surface area (TPSA) is 74.7 Å². The van der Waals surface area contributed by atoms with E-state index in [9.17, 15) is 0 Å². The Labute approximate surface area is 95.8 Å². The molecule has 1 rings (SSSR count). The number of rotatable bonds is 6. The number of nitrogens with one attached hydrogen (secondary N) is 1. The van der Waals surface area contributed by atoms with E-state index in [1.807, 2.05) is 13.8 Å². The Kier molecular flexibility index (Phi) is 4.44. The second-order valence-corrected chi connectivity index (χ2v) is 4.48. The number of aromatic nitrogens is 2. The summed E-state index contributed by atoms with van der Waals surface area (Å²) >= 11 is 0. The second kappa shape index (κ2) is 5.61. The van der Waals surface area contributed by atoms with Gasteiger partial charge in [0.1, 0.15) is 0 Å². The molecule has 0 aliphatic heterocycles. The van der Waals surface area contributed by atoms with Gasteiger partial charge in [-0.05, 0) is 33.7 Å². The molecule has 1 aromatic heterocycles. The average Bonchev–Trinajstić information content (AvgIpc) is 2.64. The van der Waals surface area contributed by atoms with Crippen molar-refractivity contribution in [3.63, 3.8) is 0 Å². The molecule has 0 radical (unpaired) electrons. The van der Waals surface area contributed by atoms with E-state index in [4.69, 9.17) is 9.78 Å². The van der Waals surface area contributed by atoms with Gasteiger partial charge in [0.25, 0.3) is 0 Å². The molecule has 0 fully saturated rings. The van der Waals surface area contributed by atoms with E-state index in [0.29, 0.717) is 11.7 Å². The van der Waals surface area contributed by atoms with Crippen molar-refractivity contribution in [1.29, 1.82) is 5.26 Å². The molecule has 1 N–H and O–H groups in total. The first kappa shape index (κ1) is 12.7. The van der Waals surface area contributed by atoms with Crippen molar-refractivity contribution in [2.45, 2.75) is 33.6 Å². The zero-order valence-electron chi connectivity index (χ0n) is 10.1. The van der Waals surface area contributed by atoms with Gasteiger partial charge in [-0.1, -0.05) is 5.16 Å². The summed E-state index contributed by atoms with van der Waals surface area (Å²) in [4.78, 5) is 4.10. The molecule has 0 aliphatic carbocycles. The van der Waals surface area contributed by atoms with Crippen LogP contribution in [0.4, 0.5) is 0 Å². The first-order valence-electron chi connectivity index (χ1n) is 5.45. The van der Waals surface area contributed by atoms with Gasteiger partial charge in [-0.2, -0.15) is 10.2 Å². The minimum atomic E-state index is -0.256. The summed E-state index contributed by atoms with van der Waals surface area (Å²) in [5, 5.41) is 15.8. The molecule has 0 spiro atoms. The fraction of sp³-hybridized carbons (Fsp3) is 0.727. The predicted molar refractivity (Wildman–Crippen MR) is 59.6 cm³/mol. The van der Waals surface area contributed by atoms with Crippen LogP contribution in [-0.2, 0) is 6.42 Å². The van der Waals surface area contributed by atoms with Gasteiger partial charge < -0.3 is 9.84 Å². The van der Waals surface area contributed by atoms with Crippen LogP contribution in [0.3, 0.4) is 0 Å². The van der Waals surface area contributed by atoms with Crippen molar-refractivity contribution in [2.24, 2.45) is 5.41 Å². The van der Waals surface area contributed by atoms with Crippen molar-refractivity contribution in [1.82, 2.24) is 15.5 Å². The molecular weight excluding hydrogens is 204 g/mol. The van der Waals surface area contributed by atoms with Crippen LogP contribution in [0.2, 0.25) is 0 Å². The summed E-state index contributed by atoms with van der Waals surface area (Å²) in [6.45, 7) is 7.30. The Bertz CT molecular complexity index is 364. The van der Waals surface area contributed by atoms with Crippen molar-refractivity contribution in [2.75, 3.05) is 13.1 Å². The summed E-state index contributed by atoms with van der Waals surface area (Å²) in [5.41, 5.74) is -0.256. The molecule has 0 amide bonds. The minimum absolute atomic E-state index is 0.256. The molecule has 0 unspecified atom stereocenters. The monoisotopic (exact) mass is 222 g/mol. The number of nitriles is 1. The minimum Gasteiger partial charge on any atom is -0.339 e. The van der Waals surface area contributed by atoms with E-state index >= 15 is 0 Å². The molecule has 0 saturated carbocycles. The van der Waals surface area contributed by atoms with Crippen LogP contribution in [-0.4, -0.2) is 23.2 Å². The van der Waals surface area contributed by atoms with E-state index in [1.165, 1.54) is 0 Å². The van der Waals surface area contributed by atoms with Gasteiger partial charge in [0, 0.05) is 13.0 Å². The first-order valence-corrected chi connectivity index (χ1v) is 5.45. The lowest BCUT2D eigenvalue weighted by Crippen LogP contribution is -2.23. The SMILES string of the molecule is Cc1noc(CCNCCC(C)(C)C#N)n1. The van der Waals surface area contributed by atoms with Crippen LogP contribution in [0.1, 0.15) is 32.0 Å². The third-order valence-corrected chi connectivity index (χ3v) is 2.31. The number of nitrogens with zero attached hydrogens (tertiary/aromatic N) is 3. The zero-order valence-corrected chi connectivity index (χ0v) is 10.1. The second-order valence-electron chi connectivity index (χ2n) is 4.48. The molecule has 5 nitrogen and oxygen atoms in total. The average molecular weight is 222 g/mol. The van der Waals surface area contributed by atoms with Crippen LogP contribution < -0.4 is 5.32 Å². The molecule has 0 saturated heterocycles. The molecule has 5 heteroatoms. The highest BCUT2D eigenvalue weighted by Gasteiger charge is 2.15. The fourth-order valence-electron chi connectivity index (χ4n) is 1.22. The molecule has 16 heavy (non-hydrogen) atoms. The van der Waals surface area contributed by atoms with E-state index < -0.39 is 0 Å². The van der Waals surface area contributed by atoms with Crippen molar-refractivity contribution in [3.05, 3.63) is 11.7 Å². The lowest BCUT2D eigenvalue weighted by Gasteiger charge is -2.14. The smallest absolute Gasteiger partial charge is 0.227 e. The Hall–Kier alpha value is -1.41. The van der Waals surface area contributed by atoms with Gasteiger partial charge in [-0.15, -0.1) is 0 Å². The largest absolute Gasteiger partial charge is 0.339 e. The van der Waals surface area contributed by atoms with Gasteiger partial charge >= 0.3 is 0 Å². The molecule has 0 bridgehead atoms. The molecule has 0 aliphatic rings. The van der Waals surface area contributed by atoms with Crippen LogP contribution in [0.5, 0.6) is 0 Å². The first-order chi connectivity index (χ1) is 7.53. The quantitative estimate of drug-likeness (QED) is 0.737. The third-order valence-electron chi connectivity index (χ3n) is 2.31. The summed E-state index contributed by atoms with van der Waals surface area (Å²) in [7, 11) is 0. The highest BCUT2D eigenvalue weighted by Crippen LogP contribution is 2.16. The Balaban J connectivity index is 2.11. The molecule has 1 aromatic rings. The standard InChI is InChI=1S/C11H18N4O/c1-9-14-10(16-15-9)4-6-13-7-5-11(2,3)8-12/h13H,4-7H2,1-3H3. The van der Waals surface area contributed by atoms with Gasteiger partial charge in [-0.3, -0.25) is 0 Å². The molecule has 1 heterocycles. The predicted octanol–water partition coefficient (Wildman–Crippen LogP) is 1.45. The number of hydrogen-bond acceptors (Lipinski definition) is 5. The van der Waals surface area contributed by atoms with Crippen molar-refractivity contribution >= 4 is 0 Å². The van der Waals surface area contributed by atoms with E-state index in [0.717, 1.165) is 25.9 Å². The highest BCUT2D eigenvalue weighted by atomic mass is 16.5. The van der Waals surface area contributed by atoms with Gasteiger partial charge in [-0.25, -0.2) is 0 Å². The van der Waals surface area contributed by atoms with Gasteiger partial charge in [0.15, 0.2) is 5.82 Å². The Morgan fingerprint density at radius 2 is 2.19 bits per heavy atom. The van der Waals surface area contributed by atoms with E-state index in [2.05, 4.69) is 21.5 Å². The molecule has 0 atom stereocenters. The van der Waals surface area contributed by atoms with Crippen molar-refractivity contribution < 1.29 is 4.52 Å². The summed E-state index contributed by atoms with van der Waals surface area (Å²) < 4.78 is 4.98. The van der Waals surface area contributed by atoms with Crippen LogP contribution in [0.15, 0.2) is 4.52 Å². The maximum atomic E-state index is 8.82. The van der Waals surface area contributed by atoms with Crippen LogP contribution >= 0.6 is 0 Å². The van der Waals surface area contributed by atoms with Gasteiger partial charge in [0.05, 0.1) is 11.5 Å². The fourth-order valence-corrected chi connectivity index (χ4v) is 1.22. The summed E-state index contributed by atoms with van der Waals surface area (Å²) in [6.07, 6.45) is 1.57. The summed E-state index contributed by atoms with van der Waals surface area (Å²) in [6, 6.07) is 2.27. The normalized spacial score (nSPS) is 11.4. The maximum Gasteiger partial charge on any atom is 0.227 e. The van der Waals surface area contributed by atoms with Crippen molar-refractivity contribution in [3.8, 4) is 6.07 Å². The maximum absolute atomic E-state index is 8.82. The number of aryl methyl sites for hydroxylation is 1.